The molecule has 0 aliphatic carbocycles. The number of halogens is 1. The molecular formula is C17H21IN4O4. The van der Waals surface area contributed by atoms with Gasteiger partial charge in [0, 0.05) is 20.6 Å². The van der Waals surface area contributed by atoms with Crippen LogP contribution >= 0.6 is 24.0 Å². The van der Waals surface area contributed by atoms with Crippen LogP contribution in [0.1, 0.15) is 21.9 Å². The number of guanidine groups is 1. The van der Waals surface area contributed by atoms with Crippen molar-refractivity contribution in [2.45, 2.75) is 13.1 Å². The average molecular weight is 472 g/mol. The first kappa shape index (κ1) is 19.9. The van der Waals surface area contributed by atoms with Crippen LogP contribution in [0.5, 0.6) is 11.5 Å². The van der Waals surface area contributed by atoms with Gasteiger partial charge in [0.05, 0.1) is 6.54 Å². The monoisotopic (exact) mass is 472 g/mol. The largest absolute Gasteiger partial charge is 0.454 e. The Hall–Kier alpha value is -2.43. The van der Waals surface area contributed by atoms with Crippen molar-refractivity contribution >= 4 is 35.8 Å². The third-order valence-electron chi connectivity index (χ3n) is 3.76. The summed E-state index contributed by atoms with van der Waals surface area (Å²) in [6, 6.07) is 9.10. The van der Waals surface area contributed by atoms with E-state index >= 15 is 0 Å². The zero-order chi connectivity index (χ0) is 17.8. The number of nitrogens with one attached hydrogen (secondary N) is 1. The minimum absolute atomic E-state index is 0. The van der Waals surface area contributed by atoms with E-state index < -0.39 is 5.91 Å². The van der Waals surface area contributed by atoms with Gasteiger partial charge in [-0.3, -0.25) is 9.79 Å². The van der Waals surface area contributed by atoms with Gasteiger partial charge in [0.1, 0.15) is 5.76 Å². The van der Waals surface area contributed by atoms with Crippen LogP contribution in [0, 0.1) is 0 Å². The number of carbonyl (C=O) groups is 1. The second kappa shape index (κ2) is 8.79. The van der Waals surface area contributed by atoms with Gasteiger partial charge in [-0.2, -0.15) is 0 Å². The molecule has 0 unspecified atom stereocenters. The molecule has 0 bridgehead atoms. The summed E-state index contributed by atoms with van der Waals surface area (Å²) in [6.07, 6.45) is 0. The van der Waals surface area contributed by atoms with Gasteiger partial charge in [-0.25, -0.2) is 0 Å². The number of fused-ring (bicyclic) bond motifs is 1. The van der Waals surface area contributed by atoms with E-state index in [0.29, 0.717) is 24.8 Å². The minimum Gasteiger partial charge on any atom is -0.454 e. The fourth-order valence-corrected chi connectivity index (χ4v) is 2.54. The van der Waals surface area contributed by atoms with Gasteiger partial charge in [0.2, 0.25) is 6.79 Å². The molecule has 2 heterocycles. The van der Waals surface area contributed by atoms with Crippen molar-refractivity contribution in [1.82, 2.24) is 10.2 Å². The van der Waals surface area contributed by atoms with Gasteiger partial charge in [-0.05, 0) is 29.8 Å². The Morgan fingerprint density at radius 3 is 2.73 bits per heavy atom. The number of ether oxygens (including phenoxy) is 2. The highest BCUT2D eigenvalue weighted by molar-refractivity contribution is 14.0. The summed E-state index contributed by atoms with van der Waals surface area (Å²) >= 11 is 0. The Kier molecular flexibility index (Phi) is 6.72. The molecule has 1 aromatic heterocycles. The van der Waals surface area contributed by atoms with E-state index in [1.54, 1.807) is 19.2 Å². The summed E-state index contributed by atoms with van der Waals surface area (Å²) < 4.78 is 16.1. The van der Waals surface area contributed by atoms with E-state index in [9.17, 15) is 4.79 Å². The van der Waals surface area contributed by atoms with Crippen LogP contribution in [0.25, 0.3) is 0 Å². The number of hydrogen-bond donors (Lipinski definition) is 2. The number of nitrogens with zero attached hydrogens (tertiary/aromatic N) is 2. The van der Waals surface area contributed by atoms with Crippen LogP contribution in [0.15, 0.2) is 39.7 Å². The molecule has 0 radical (unpaired) electrons. The number of primary amides is 1. The van der Waals surface area contributed by atoms with E-state index in [2.05, 4.69) is 10.3 Å². The molecule has 0 saturated carbocycles. The molecule has 2 aromatic rings. The Balaban J connectivity index is 0.00000243. The standard InChI is InChI=1S/C17H20N4O4.HI/c1-19-17(20-8-12-4-6-14(25-12)16(18)22)21(2)9-11-3-5-13-15(7-11)24-10-23-13;/h3-7H,8-10H2,1-2H3,(H2,18,22)(H,19,20);1H. The first-order chi connectivity index (χ1) is 12.1. The number of carbonyl (C=O) groups excluding carboxylic acids is 1. The van der Waals surface area contributed by atoms with Gasteiger partial charge in [0.25, 0.3) is 5.91 Å². The molecule has 0 atom stereocenters. The Morgan fingerprint density at radius 1 is 1.27 bits per heavy atom. The van der Waals surface area contributed by atoms with Gasteiger partial charge in [-0.1, -0.05) is 6.07 Å². The number of rotatable bonds is 5. The summed E-state index contributed by atoms with van der Waals surface area (Å²) in [6.45, 7) is 1.29. The molecule has 1 aliphatic heterocycles. The zero-order valence-electron chi connectivity index (χ0n) is 14.5. The fraction of sp³-hybridized carbons (Fsp3) is 0.294. The van der Waals surface area contributed by atoms with Gasteiger partial charge >= 0.3 is 0 Å². The van der Waals surface area contributed by atoms with Crippen molar-refractivity contribution < 1.29 is 18.7 Å². The molecule has 0 spiro atoms. The summed E-state index contributed by atoms with van der Waals surface area (Å²) in [4.78, 5) is 17.3. The smallest absolute Gasteiger partial charge is 0.284 e. The summed E-state index contributed by atoms with van der Waals surface area (Å²) in [5.74, 6) is 2.36. The van der Waals surface area contributed by atoms with E-state index in [-0.39, 0.29) is 36.5 Å². The number of aliphatic imine (C=N–C) groups is 1. The maximum absolute atomic E-state index is 11.1. The molecule has 0 saturated heterocycles. The van der Waals surface area contributed by atoms with Crippen molar-refractivity contribution in [3.05, 3.63) is 47.4 Å². The van der Waals surface area contributed by atoms with Crippen molar-refractivity contribution in [3.63, 3.8) is 0 Å². The summed E-state index contributed by atoms with van der Waals surface area (Å²) in [7, 11) is 3.63. The first-order valence-electron chi connectivity index (χ1n) is 7.75. The average Bonchev–Trinajstić information content (AvgIpc) is 3.23. The normalized spacial score (nSPS) is 12.5. The van der Waals surface area contributed by atoms with Crippen molar-refractivity contribution in [3.8, 4) is 11.5 Å². The lowest BCUT2D eigenvalue weighted by Gasteiger charge is -2.22. The Labute approximate surface area is 168 Å². The Bertz CT molecular complexity index is 806. The summed E-state index contributed by atoms with van der Waals surface area (Å²) in [5.41, 5.74) is 6.25. The van der Waals surface area contributed by atoms with Crippen LogP contribution in [0.2, 0.25) is 0 Å². The van der Waals surface area contributed by atoms with Gasteiger partial charge in [-0.15, -0.1) is 24.0 Å². The van der Waals surface area contributed by atoms with Crippen LogP contribution in [-0.2, 0) is 13.1 Å². The van der Waals surface area contributed by atoms with Crippen molar-refractivity contribution in [2.75, 3.05) is 20.9 Å². The molecular weight excluding hydrogens is 451 g/mol. The molecule has 140 valence electrons. The molecule has 1 aliphatic rings. The quantitative estimate of drug-likeness (QED) is 0.392. The molecule has 3 N–H and O–H groups in total. The summed E-state index contributed by atoms with van der Waals surface area (Å²) in [5, 5.41) is 3.18. The molecule has 1 amide bonds. The fourth-order valence-electron chi connectivity index (χ4n) is 2.54. The van der Waals surface area contributed by atoms with E-state index in [1.807, 2.05) is 30.1 Å². The van der Waals surface area contributed by atoms with Crippen LogP contribution in [0.3, 0.4) is 0 Å². The van der Waals surface area contributed by atoms with E-state index in [4.69, 9.17) is 19.6 Å². The number of furan rings is 1. The van der Waals surface area contributed by atoms with Gasteiger partial charge in [0.15, 0.2) is 23.2 Å². The number of hydrogen-bond acceptors (Lipinski definition) is 5. The third kappa shape index (κ3) is 4.59. The first-order valence-corrected chi connectivity index (χ1v) is 7.75. The SMILES string of the molecule is CN=C(NCc1ccc(C(N)=O)o1)N(C)Cc1ccc2c(c1)OCO2.I. The lowest BCUT2D eigenvalue weighted by molar-refractivity contribution is 0.0972. The minimum atomic E-state index is -0.587. The maximum Gasteiger partial charge on any atom is 0.284 e. The van der Waals surface area contributed by atoms with Crippen LogP contribution < -0.4 is 20.5 Å². The van der Waals surface area contributed by atoms with E-state index in [1.165, 1.54) is 0 Å². The maximum atomic E-state index is 11.1. The van der Waals surface area contributed by atoms with Crippen molar-refractivity contribution in [1.29, 1.82) is 0 Å². The van der Waals surface area contributed by atoms with Crippen LogP contribution in [-0.4, -0.2) is 37.7 Å². The predicted molar refractivity (Wildman–Crippen MR) is 107 cm³/mol. The van der Waals surface area contributed by atoms with E-state index in [0.717, 1.165) is 17.1 Å². The molecule has 9 heteroatoms. The Morgan fingerprint density at radius 2 is 2.04 bits per heavy atom. The molecule has 0 fully saturated rings. The highest BCUT2D eigenvalue weighted by atomic mass is 127. The molecule has 26 heavy (non-hydrogen) atoms. The van der Waals surface area contributed by atoms with Crippen molar-refractivity contribution in [2.24, 2.45) is 10.7 Å². The third-order valence-corrected chi connectivity index (χ3v) is 3.76. The molecule has 8 nitrogen and oxygen atoms in total. The van der Waals surface area contributed by atoms with Gasteiger partial charge < -0.3 is 29.8 Å². The second-order valence-corrected chi connectivity index (χ2v) is 5.57. The topological polar surface area (TPSA) is 102 Å². The predicted octanol–water partition coefficient (Wildman–Crippen LogP) is 1.93. The number of nitrogens with two attached hydrogens (primary N) is 1. The lowest BCUT2D eigenvalue weighted by Crippen LogP contribution is -2.37. The van der Waals surface area contributed by atoms with Crippen LogP contribution in [0.4, 0.5) is 0 Å². The number of amides is 1. The number of benzene rings is 1. The lowest BCUT2D eigenvalue weighted by atomic mass is 10.2. The molecule has 3 rings (SSSR count). The highest BCUT2D eigenvalue weighted by Crippen LogP contribution is 2.32. The second-order valence-electron chi connectivity index (χ2n) is 5.57. The molecule has 1 aromatic carbocycles. The highest BCUT2D eigenvalue weighted by Gasteiger charge is 2.15. The zero-order valence-corrected chi connectivity index (χ0v) is 16.9.